The van der Waals surface area contributed by atoms with E-state index in [-0.39, 0.29) is 6.04 Å². The second-order valence-electron chi connectivity index (χ2n) is 5.68. The van der Waals surface area contributed by atoms with Crippen LogP contribution in [0.5, 0.6) is 0 Å². The van der Waals surface area contributed by atoms with Gasteiger partial charge in [-0.05, 0) is 60.4 Å². The molecule has 2 aromatic carbocycles. The lowest BCUT2D eigenvalue weighted by Gasteiger charge is -2.27. The van der Waals surface area contributed by atoms with Crippen LogP contribution in [0.3, 0.4) is 0 Å². The molecule has 3 rings (SSSR count). The van der Waals surface area contributed by atoms with Gasteiger partial charge in [0, 0.05) is 10.5 Å². The van der Waals surface area contributed by atoms with Gasteiger partial charge in [0.15, 0.2) is 0 Å². The molecule has 0 amide bonds. The van der Waals surface area contributed by atoms with Crippen LogP contribution in [-0.2, 0) is 6.42 Å². The summed E-state index contributed by atoms with van der Waals surface area (Å²) in [6.45, 7) is 0. The SMILES string of the molecule is NC(CC1CCCc2ccccc21)c1ccc(Br)cc1. The lowest BCUT2D eigenvalue weighted by atomic mass is 9.79. The molecule has 0 heterocycles. The molecule has 0 saturated heterocycles. The van der Waals surface area contributed by atoms with E-state index < -0.39 is 0 Å². The number of rotatable bonds is 3. The Balaban J connectivity index is 1.77. The van der Waals surface area contributed by atoms with Crippen LogP contribution in [0.1, 0.15) is 47.9 Å². The summed E-state index contributed by atoms with van der Waals surface area (Å²) < 4.78 is 1.11. The van der Waals surface area contributed by atoms with Crippen LogP contribution in [0.25, 0.3) is 0 Å². The second-order valence-corrected chi connectivity index (χ2v) is 6.60. The summed E-state index contributed by atoms with van der Waals surface area (Å²) in [5, 5.41) is 0. The molecule has 2 heteroatoms. The van der Waals surface area contributed by atoms with E-state index in [4.69, 9.17) is 5.73 Å². The molecule has 2 atom stereocenters. The van der Waals surface area contributed by atoms with E-state index in [1.165, 1.54) is 36.0 Å². The van der Waals surface area contributed by atoms with Crippen molar-refractivity contribution >= 4 is 15.9 Å². The highest BCUT2D eigenvalue weighted by molar-refractivity contribution is 9.10. The van der Waals surface area contributed by atoms with Crippen LogP contribution in [0.15, 0.2) is 53.0 Å². The number of halogens is 1. The summed E-state index contributed by atoms with van der Waals surface area (Å²) in [5.41, 5.74) is 10.7. The standard InChI is InChI=1S/C18H20BrN/c19-16-10-8-14(9-11-16)18(20)12-15-6-3-5-13-4-1-2-7-17(13)15/h1-2,4,7-11,15,18H,3,5-6,12,20H2. The Bertz CT molecular complexity index is 576. The van der Waals surface area contributed by atoms with E-state index in [9.17, 15) is 0 Å². The topological polar surface area (TPSA) is 26.0 Å². The number of nitrogens with two attached hydrogens (primary N) is 1. The first-order chi connectivity index (χ1) is 9.74. The fraction of sp³-hybridized carbons (Fsp3) is 0.333. The van der Waals surface area contributed by atoms with Crippen LogP contribution in [0, 0.1) is 0 Å². The highest BCUT2D eigenvalue weighted by Gasteiger charge is 2.22. The van der Waals surface area contributed by atoms with Crippen molar-refractivity contribution in [1.29, 1.82) is 0 Å². The Morgan fingerprint density at radius 2 is 1.85 bits per heavy atom. The minimum atomic E-state index is 0.124. The first-order valence-corrected chi connectivity index (χ1v) is 8.12. The highest BCUT2D eigenvalue weighted by atomic mass is 79.9. The molecular weight excluding hydrogens is 310 g/mol. The average Bonchev–Trinajstić information content (AvgIpc) is 2.48. The Hall–Kier alpha value is -1.12. The van der Waals surface area contributed by atoms with Gasteiger partial charge < -0.3 is 5.73 Å². The first kappa shape index (κ1) is 13.8. The number of benzene rings is 2. The third kappa shape index (κ3) is 2.97. The zero-order valence-corrected chi connectivity index (χ0v) is 13.1. The lowest BCUT2D eigenvalue weighted by Crippen LogP contribution is -2.18. The fourth-order valence-corrected chi connectivity index (χ4v) is 3.52. The van der Waals surface area contributed by atoms with Gasteiger partial charge in [-0.25, -0.2) is 0 Å². The number of hydrogen-bond donors (Lipinski definition) is 1. The van der Waals surface area contributed by atoms with Gasteiger partial charge in [-0.2, -0.15) is 0 Å². The van der Waals surface area contributed by atoms with Gasteiger partial charge in [0.25, 0.3) is 0 Å². The summed E-state index contributed by atoms with van der Waals surface area (Å²) in [5.74, 6) is 0.610. The molecule has 0 radical (unpaired) electrons. The molecule has 0 bridgehead atoms. The normalized spacial score (nSPS) is 19.4. The molecule has 0 aliphatic heterocycles. The van der Waals surface area contributed by atoms with Gasteiger partial charge in [-0.15, -0.1) is 0 Å². The molecular formula is C18H20BrN. The molecule has 1 aliphatic carbocycles. The summed E-state index contributed by atoms with van der Waals surface area (Å²) in [6.07, 6.45) is 4.81. The molecule has 1 aliphatic rings. The second kappa shape index (κ2) is 6.11. The van der Waals surface area contributed by atoms with E-state index >= 15 is 0 Å². The largest absolute Gasteiger partial charge is 0.324 e. The number of fused-ring (bicyclic) bond motifs is 1. The minimum Gasteiger partial charge on any atom is -0.324 e. The molecule has 0 spiro atoms. The molecule has 2 aromatic rings. The van der Waals surface area contributed by atoms with Crippen LogP contribution >= 0.6 is 15.9 Å². The van der Waals surface area contributed by atoms with E-state index in [0.29, 0.717) is 5.92 Å². The van der Waals surface area contributed by atoms with Gasteiger partial charge >= 0.3 is 0 Å². The molecule has 0 aromatic heterocycles. The molecule has 2 unspecified atom stereocenters. The van der Waals surface area contributed by atoms with E-state index in [2.05, 4.69) is 64.5 Å². The van der Waals surface area contributed by atoms with E-state index in [0.717, 1.165) is 10.9 Å². The Labute approximate surface area is 129 Å². The van der Waals surface area contributed by atoms with Crippen molar-refractivity contribution in [2.24, 2.45) is 5.73 Å². The molecule has 20 heavy (non-hydrogen) atoms. The Kier molecular flexibility index (Phi) is 4.23. The van der Waals surface area contributed by atoms with E-state index in [1.54, 1.807) is 0 Å². The highest BCUT2D eigenvalue weighted by Crippen LogP contribution is 2.37. The van der Waals surface area contributed by atoms with Crippen LogP contribution < -0.4 is 5.73 Å². The Morgan fingerprint density at radius 3 is 2.65 bits per heavy atom. The van der Waals surface area contributed by atoms with Crippen LogP contribution in [0.2, 0.25) is 0 Å². The smallest absolute Gasteiger partial charge is 0.0300 e. The summed E-state index contributed by atoms with van der Waals surface area (Å²) >= 11 is 3.47. The molecule has 2 N–H and O–H groups in total. The molecule has 0 fully saturated rings. The zero-order valence-electron chi connectivity index (χ0n) is 11.6. The summed E-state index contributed by atoms with van der Waals surface area (Å²) in [4.78, 5) is 0. The third-order valence-electron chi connectivity index (χ3n) is 4.33. The van der Waals surface area contributed by atoms with Gasteiger partial charge in [0.1, 0.15) is 0 Å². The monoisotopic (exact) mass is 329 g/mol. The van der Waals surface area contributed by atoms with Crippen molar-refractivity contribution in [2.75, 3.05) is 0 Å². The molecule has 0 saturated carbocycles. The summed E-state index contributed by atoms with van der Waals surface area (Å²) in [6, 6.07) is 17.4. The molecule has 1 nitrogen and oxygen atoms in total. The quantitative estimate of drug-likeness (QED) is 0.846. The number of aryl methyl sites for hydroxylation is 1. The van der Waals surface area contributed by atoms with Crippen LogP contribution in [-0.4, -0.2) is 0 Å². The van der Waals surface area contributed by atoms with Crippen molar-refractivity contribution in [1.82, 2.24) is 0 Å². The van der Waals surface area contributed by atoms with Crippen molar-refractivity contribution in [2.45, 2.75) is 37.6 Å². The average molecular weight is 330 g/mol. The van der Waals surface area contributed by atoms with Gasteiger partial charge in [0.2, 0.25) is 0 Å². The molecule has 104 valence electrons. The maximum Gasteiger partial charge on any atom is 0.0300 e. The van der Waals surface area contributed by atoms with Gasteiger partial charge in [-0.1, -0.05) is 52.3 Å². The zero-order chi connectivity index (χ0) is 13.9. The van der Waals surface area contributed by atoms with Crippen molar-refractivity contribution < 1.29 is 0 Å². The third-order valence-corrected chi connectivity index (χ3v) is 4.86. The fourth-order valence-electron chi connectivity index (χ4n) is 3.25. The predicted molar refractivity (Wildman–Crippen MR) is 87.8 cm³/mol. The minimum absolute atomic E-state index is 0.124. The Morgan fingerprint density at radius 1 is 1.10 bits per heavy atom. The predicted octanol–water partition coefficient (Wildman–Crippen LogP) is 4.96. The van der Waals surface area contributed by atoms with Crippen molar-refractivity contribution in [3.8, 4) is 0 Å². The van der Waals surface area contributed by atoms with Crippen LogP contribution in [0.4, 0.5) is 0 Å². The number of hydrogen-bond acceptors (Lipinski definition) is 1. The summed E-state index contributed by atoms with van der Waals surface area (Å²) in [7, 11) is 0. The maximum absolute atomic E-state index is 6.42. The lowest BCUT2D eigenvalue weighted by molar-refractivity contribution is 0.476. The van der Waals surface area contributed by atoms with Crippen molar-refractivity contribution in [3.63, 3.8) is 0 Å². The van der Waals surface area contributed by atoms with E-state index in [1.807, 2.05) is 0 Å². The van der Waals surface area contributed by atoms with Gasteiger partial charge in [0.05, 0.1) is 0 Å². The van der Waals surface area contributed by atoms with Crippen molar-refractivity contribution in [3.05, 3.63) is 69.7 Å². The van der Waals surface area contributed by atoms with Gasteiger partial charge in [-0.3, -0.25) is 0 Å². The first-order valence-electron chi connectivity index (χ1n) is 7.33. The maximum atomic E-state index is 6.42.